The number of nitrogens with two attached hydrogens (primary N) is 1. The lowest BCUT2D eigenvalue weighted by atomic mass is 10.1. The van der Waals surface area contributed by atoms with E-state index in [4.69, 9.17) is 22.2 Å². The quantitative estimate of drug-likeness (QED) is 0.595. The van der Waals surface area contributed by atoms with Crippen molar-refractivity contribution in [1.82, 2.24) is 5.43 Å². The van der Waals surface area contributed by atoms with Gasteiger partial charge in [0, 0.05) is 12.6 Å². The van der Waals surface area contributed by atoms with Crippen LogP contribution in [0.15, 0.2) is 18.2 Å². The first-order valence-electron chi connectivity index (χ1n) is 5.15. The molecule has 0 spiro atoms. The molecule has 0 aliphatic rings. The van der Waals surface area contributed by atoms with Crippen molar-refractivity contribution in [2.75, 3.05) is 13.2 Å². The maximum Gasteiger partial charge on any atom is 0.141 e. The maximum absolute atomic E-state index is 12.9. The fourth-order valence-corrected chi connectivity index (χ4v) is 1.58. The van der Waals surface area contributed by atoms with Crippen LogP contribution >= 0.6 is 11.6 Å². The summed E-state index contributed by atoms with van der Waals surface area (Å²) in [4.78, 5) is 0. The van der Waals surface area contributed by atoms with E-state index in [0.29, 0.717) is 19.6 Å². The number of ether oxygens (including phenoxy) is 1. The van der Waals surface area contributed by atoms with Gasteiger partial charge in [0.15, 0.2) is 0 Å². The van der Waals surface area contributed by atoms with Crippen molar-refractivity contribution in [1.29, 1.82) is 0 Å². The van der Waals surface area contributed by atoms with Crippen molar-refractivity contribution >= 4 is 11.6 Å². The highest BCUT2D eigenvalue weighted by Crippen LogP contribution is 2.17. The molecule has 1 unspecified atom stereocenters. The summed E-state index contributed by atoms with van der Waals surface area (Å²) in [7, 11) is 0. The first kappa shape index (κ1) is 13.4. The molecule has 0 aliphatic carbocycles. The van der Waals surface area contributed by atoms with E-state index in [1.54, 1.807) is 12.1 Å². The summed E-state index contributed by atoms with van der Waals surface area (Å²) in [5.41, 5.74) is 3.58. The Hall–Kier alpha value is -0.680. The molecule has 16 heavy (non-hydrogen) atoms. The van der Waals surface area contributed by atoms with Crippen LogP contribution in [0.5, 0.6) is 0 Å². The Bertz CT molecular complexity index is 336. The normalized spacial score (nSPS) is 12.8. The fourth-order valence-electron chi connectivity index (χ4n) is 1.38. The number of halogens is 2. The van der Waals surface area contributed by atoms with Gasteiger partial charge in [0.25, 0.3) is 0 Å². The molecular formula is C11H16ClFN2O. The maximum atomic E-state index is 12.9. The summed E-state index contributed by atoms with van der Waals surface area (Å²) in [6, 6.07) is 4.65. The predicted molar refractivity (Wildman–Crippen MR) is 62.7 cm³/mol. The van der Waals surface area contributed by atoms with Crippen molar-refractivity contribution < 1.29 is 9.13 Å². The molecule has 1 atom stereocenters. The second-order valence-electron chi connectivity index (χ2n) is 3.48. The molecular weight excluding hydrogens is 231 g/mol. The van der Waals surface area contributed by atoms with E-state index in [1.165, 1.54) is 6.07 Å². The predicted octanol–water partition coefficient (Wildman–Crippen LogP) is 1.89. The molecule has 0 fully saturated rings. The van der Waals surface area contributed by atoms with Crippen LogP contribution < -0.4 is 11.3 Å². The summed E-state index contributed by atoms with van der Waals surface area (Å²) >= 11 is 5.69. The van der Waals surface area contributed by atoms with E-state index >= 15 is 0 Å². The molecule has 0 radical (unpaired) electrons. The number of benzene rings is 1. The Kier molecular flexibility index (Phi) is 5.69. The minimum absolute atomic E-state index is 0.00137. The Morgan fingerprint density at radius 1 is 1.56 bits per heavy atom. The molecule has 0 saturated carbocycles. The summed E-state index contributed by atoms with van der Waals surface area (Å²) in [6.45, 7) is 3.08. The zero-order valence-electron chi connectivity index (χ0n) is 9.17. The molecule has 0 bridgehead atoms. The third-order valence-corrected chi connectivity index (χ3v) is 2.51. The lowest BCUT2D eigenvalue weighted by Gasteiger charge is -2.15. The van der Waals surface area contributed by atoms with Gasteiger partial charge in [0.2, 0.25) is 0 Å². The molecule has 3 N–H and O–H groups in total. The Balaban J connectivity index is 2.59. The Labute approximate surface area is 99.7 Å². The molecule has 0 saturated heterocycles. The average molecular weight is 247 g/mol. The molecule has 0 amide bonds. The van der Waals surface area contributed by atoms with Crippen LogP contribution in [0.4, 0.5) is 4.39 Å². The van der Waals surface area contributed by atoms with Crippen LogP contribution in [0.2, 0.25) is 5.02 Å². The zero-order valence-corrected chi connectivity index (χ0v) is 9.93. The minimum atomic E-state index is -0.410. The molecule has 1 aromatic carbocycles. The van der Waals surface area contributed by atoms with Gasteiger partial charge in [-0.3, -0.25) is 11.3 Å². The van der Waals surface area contributed by atoms with Crippen LogP contribution in [0.1, 0.15) is 12.5 Å². The van der Waals surface area contributed by atoms with Crippen molar-refractivity contribution in [3.05, 3.63) is 34.6 Å². The van der Waals surface area contributed by atoms with Crippen molar-refractivity contribution in [3.63, 3.8) is 0 Å². The standard InChI is InChI=1S/C11H16ClFN2O/c1-2-16-7-9(15-14)5-8-3-4-11(13)10(12)6-8/h3-4,6,9,15H,2,5,7,14H2,1H3. The van der Waals surface area contributed by atoms with E-state index in [0.717, 1.165) is 5.56 Å². The van der Waals surface area contributed by atoms with Gasteiger partial charge in [-0.1, -0.05) is 17.7 Å². The summed E-state index contributed by atoms with van der Waals surface area (Å²) in [5, 5.41) is 0.129. The van der Waals surface area contributed by atoms with Gasteiger partial charge in [-0.05, 0) is 31.0 Å². The van der Waals surface area contributed by atoms with Gasteiger partial charge in [0.05, 0.1) is 11.6 Å². The summed E-state index contributed by atoms with van der Waals surface area (Å²) in [6.07, 6.45) is 0.649. The summed E-state index contributed by atoms with van der Waals surface area (Å²) < 4.78 is 18.2. The first-order valence-corrected chi connectivity index (χ1v) is 5.53. The minimum Gasteiger partial charge on any atom is -0.380 e. The first-order chi connectivity index (χ1) is 7.67. The van der Waals surface area contributed by atoms with E-state index < -0.39 is 5.82 Å². The van der Waals surface area contributed by atoms with E-state index in [-0.39, 0.29) is 11.1 Å². The van der Waals surface area contributed by atoms with Crippen molar-refractivity contribution in [2.45, 2.75) is 19.4 Å². The molecule has 0 aliphatic heterocycles. The van der Waals surface area contributed by atoms with Crippen LogP contribution in [0, 0.1) is 5.82 Å². The van der Waals surface area contributed by atoms with Crippen LogP contribution in [0.25, 0.3) is 0 Å². The van der Waals surface area contributed by atoms with Crippen LogP contribution in [-0.4, -0.2) is 19.3 Å². The third-order valence-electron chi connectivity index (χ3n) is 2.22. The zero-order chi connectivity index (χ0) is 12.0. The van der Waals surface area contributed by atoms with Gasteiger partial charge in [-0.2, -0.15) is 0 Å². The average Bonchev–Trinajstić information content (AvgIpc) is 2.29. The highest BCUT2D eigenvalue weighted by Gasteiger charge is 2.09. The molecule has 3 nitrogen and oxygen atoms in total. The fraction of sp³-hybridized carbons (Fsp3) is 0.455. The largest absolute Gasteiger partial charge is 0.380 e. The monoisotopic (exact) mass is 246 g/mol. The smallest absolute Gasteiger partial charge is 0.141 e. The number of hydrazine groups is 1. The van der Waals surface area contributed by atoms with Crippen LogP contribution in [0.3, 0.4) is 0 Å². The molecule has 90 valence electrons. The topological polar surface area (TPSA) is 47.3 Å². The molecule has 0 heterocycles. The lowest BCUT2D eigenvalue weighted by molar-refractivity contribution is 0.123. The second kappa shape index (κ2) is 6.81. The summed E-state index contributed by atoms with van der Waals surface area (Å²) in [5.74, 6) is 4.98. The van der Waals surface area contributed by atoms with Gasteiger partial charge in [0.1, 0.15) is 5.82 Å². The highest BCUT2D eigenvalue weighted by atomic mass is 35.5. The third kappa shape index (κ3) is 4.06. The molecule has 5 heteroatoms. The molecule has 1 aromatic rings. The van der Waals surface area contributed by atoms with E-state index in [9.17, 15) is 4.39 Å². The number of rotatable bonds is 6. The number of hydrogen-bond acceptors (Lipinski definition) is 3. The van der Waals surface area contributed by atoms with E-state index in [2.05, 4.69) is 5.43 Å². The molecule has 0 aromatic heterocycles. The van der Waals surface area contributed by atoms with Gasteiger partial charge in [-0.15, -0.1) is 0 Å². The van der Waals surface area contributed by atoms with Gasteiger partial charge >= 0.3 is 0 Å². The number of hydrogen-bond donors (Lipinski definition) is 2. The molecule has 1 rings (SSSR count). The SMILES string of the molecule is CCOCC(Cc1ccc(F)c(Cl)c1)NN. The van der Waals surface area contributed by atoms with Crippen LogP contribution in [-0.2, 0) is 11.2 Å². The van der Waals surface area contributed by atoms with Crippen molar-refractivity contribution in [3.8, 4) is 0 Å². The van der Waals surface area contributed by atoms with E-state index in [1.807, 2.05) is 6.92 Å². The highest BCUT2D eigenvalue weighted by molar-refractivity contribution is 6.30. The second-order valence-corrected chi connectivity index (χ2v) is 3.88. The Morgan fingerprint density at radius 3 is 2.88 bits per heavy atom. The van der Waals surface area contributed by atoms with Gasteiger partial charge < -0.3 is 4.74 Å². The lowest BCUT2D eigenvalue weighted by Crippen LogP contribution is -2.40. The number of nitrogens with one attached hydrogen (secondary N) is 1. The van der Waals surface area contributed by atoms with Crippen molar-refractivity contribution in [2.24, 2.45) is 5.84 Å². The van der Waals surface area contributed by atoms with Gasteiger partial charge in [-0.25, -0.2) is 4.39 Å². The Morgan fingerprint density at radius 2 is 2.31 bits per heavy atom.